The Bertz CT molecular complexity index is 688. The lowest BCUT2D eigenvalue weighted by Crippen LogP contribution is -2.11. The molecule has 0 aliphatic rings. The number of benzene rings is 1. The van der Waals surface area contributed by atoms with Gasteiger partial charge in [-0.3, -0.25) is 4.79 Å². The van der Waals surface area contributed by atoms with Crippen LogP contribution in [0.3, 0.4) is 0 Å². The highest BCUT2D eigenvalue weighted by Gasteiger charge is 2.15. The molecular weight excluding hydrogens is 279 g/mol. The average Bonchev–Trinajstić information content (AvgIpc) is 2.25. The number of aromatic amines is 1. The van der Waals surface area contributed by atoms with Crippen molar-refractivity contribution in [2.45, 2.75) is 0 Å². The molecule has 0 unspecified atom stereocenters. The molecule has 0 amide bonds. The number of H-pyrrole nitrogens is 1. The molecule has 0 aliphatic carbocycles. The molecule has 1 heterocycles. The van der Waals surface area contributed by atoms with Crippen LogP contribution in [0.2, 0.25) is 0 Å². The number of fused-ring (bicyclic) bond motifs is 1. The van der Waals surface area contributed by atoms with Crippen LogP contribution >= 0.6 is 15.9 Å². The summed E-state index contributed by atoms with van der Waals surface area (Å²) in [6.45, 7) is 0. The Labute approximate surface area is 97.1 Å². The fourth-order valence-corrected chi connectivity index (χ4v) is 1.72. The van der Waals surface area contributed by atoms with E-state index in [1.54, 1.807) is 6.07 Å². The van der Waals surface area contributed by atoms with Crippen LogP contribution in [0.15, 0.2) is 21.4 Å². The molecule has 0 radical (unpaired) electrons. The maximum Gasteiger partial charge on any atom is 0.270 e. The quantitative estimate of drug-likeness (QED) is 0.776. The highest BCUT2D eigenvalue weighted by atomic mass is 79.9. The van der Waals surface area contributed by atoms with Crippen LogP contribution in [-0.4, -0.2) is 10.1 Å². The normalized spacial score (nSPS) is 10.3. The van der Waals surface area contributed by atoms with Gasteiger partial charge in [0.2, 0.25) is 0 Å². The third-order valence-electron chi connectivity index (χ3n) is 2.16. The fourth-order valence-electron chi connectivity index (χ4n) is 1.39. The number of hydrogen-bond acceptors (Lipinski definition) is 3. The number of aromatic nitrogens is 1. The van der Waals surface area contributed by atoms with Gasteiger partial charge in [-0.2, -0.15) is 5.26 Å². The minimum Gasteiger partial charge on any atom is -0.506 e. The van der Waals surface area contributed by atoms with Crippen LogP contribution in [-0.2, 0) is 0 Å². The second-order valence-electron chi connectivity index (χ2n) is 3.07. The Balaban J connectivity index is 3.06. The third-order valence-corrected chi connectivity index (χ3v) is 2.78. The van der Waals surface area contributed by atoms with E-state index in [0.29, 0.717) is 0 Å². The molecule has 6 heteroatoms. The summed E-state index contributed by atoms with van der Waals surface area (Å²) in [6.07, 6.45) is 0. The van der Waals surface area contributed by atoms with Crippen LogP contribution in [0.4, 0.5) is 4.39 Å². The van der Waals surface area contributed by atoms with E-state index in [-0.39, 0.29) is 15.4 Å². The number of pyridine rings is 1. The van der Waals surface area contributed by atoms with Crippen molar-refractivity contribution in [2.75, 3.05) is 0 Å². The maximum absolute atomic E-state index is 13.6. The summed E-state index contributed by atoms with van der Waals surface area (Å²) < 4.78 is 13.7. The first-order valence-corrected chi connectivity index (χ1v) is 4.98. The van der Waals surface area contributed by atoms with Crippen molar-refractivity contribution in [3.63, 3.8) is 0 Å². The lowest BCUT2D eigenvalue weighted by atomic mass is 10.1. The van der Waals surface area contributed by atoms with E-state index in [1.165, 1.54) is 12.1 Å². The van der Waals surface area contributed by atoms with Gasteiger partial charge in [-0.25, -0.2) is 4.39 Å². The Hall–Kier alpha value is -1.87. The zero-order valence-electron chi connectivity index (χ0n) is 7.71. The lowest BCUT2D eigenvalue weighted by Gasteiger charge is -2.04. The van der Waals surface area contributed by atoms with E-state index in [2.05, 4.69) is 20.9 Å². The number of nitrogens with one attached hydrogen (secondary N) is 1. The molecule has 2 N–H and O–H groups in total. The molecule has 16 heavy (non-hydrogen) atoms. The minimum absolute atomic E-state index is 0.0943. The van der Waals surface area contributed by atoms with Gasteiger partial charge in [-0.15, -0.1) is 0 Å². The van der Waals surface area contributed by atoms with Crippen LogP contribution < -0.4 is 5.56 Å². The molecule has 0 atom stereocenters. The van der Waals surface area contributed by atoms with Gasteiger partial charge in [0.25, 0.3) is 5.56 Å². The lowest BCUT2D eigenvalue weighted by molar-refractivity contribution is 0.478. The van der Waals surface area contributed by atoms with Crippen molar-refractivity contribution in [3.8, 4) is 11.8 Å². The number of nitrogens with zero attached hydrogens (tertiary/aromatic N) is 1. The molecule has 1 aromatic heterocycles. The first kappa shape index (κ1) is 10.6. The molecule has 0 aliphatic heterocycles. The first-order chi connectivity index (χ1) is 7.56. The summed E-state index contributed by atoms with van der Waals surface area (Å²) in [5.74, 6) is -1.19. The molecule has 80 valence electrons. The molecule has 2 aromatic rings. The predicted octanol–water partition coefficient (Wildman–Crippen LogP) is 2.01. The standard InChI is InChI=1S/C10H4BrFN2O2/c11-6-2-1-4-8(7(6)12)14-10(16)5(3-13)9(4)15/h1-2H,(H2,14,15,16). The highest BCUT2D eigenvalue weighted by Crippen LogP contribution is 2.29. The smallest absolute Gasteiger partial charge is 0.270 e. The van der Waals surface area contributed by atoms with E-state index in [9.17, 15) is 14.3 Å². The maximum atomic E-state index is 13.6. The van der Waals surface area contributed by atoms with Crippen LogP contribution in [0.1, 0.15) is 5.56 Å². The molecule has 4 nitrogen and oxygen atoms in total. The van der Waals surface area contributed by atoms with Crippen LogP contribution in [0, 0.1) is 17.1 Å². The van der Waals surface area contributed by atoms with Crippen molar-refractivity contribution in [2.24, 2.45) is 0 Å². The molecule has 0 fully saturated rings. The van der Waals surface area contributed by atoms with E-state index in [4.69, 9.17) is 5.26 Å². The molecule has 2 rings (SSSR count). The Morgan fingerprint density at radius 1 is 1.50 bits per heavy atom. The first-order valence-electron chi connectivity index (χ1n) is 4.19. The average molecular weight is 283 g/mol. The van der Waals surface area contributed by atoms with Crippen molar-refractivity contribution in [1.82, 2.24) is 4.98 Å². The summed E-state index contributed by atoms with van der Waals surface area (Å²) in [5, 5.41) is 18.4. The second kappa shape index (κ2) is 3.61. The summed E-state index contributed by atoms with van der Waals surface area (Å²) in [5.41, 5.74) is -1.37. The van der Waals surface area contributed by atoms with Gasteiger partial charge in [0.15, 0.2) is 11.4 Å². The fraction of sp³-hybridized carbons (Fsp3) is 0. The highest BCUT2D eigenvalue weighted by molar-refractivity contribution is 9.10. The zero-order valence-corrected chi connectivity index (χ0v) is 9.30. The second-order valence-corrected chi connectivity index (χ2v) is 3.93. The van der Waals surface area contributed by atoms with Crippen molar-refractivity contribution in [1.29, 1.82) is 5.26 Å². The van der Waals surface area contributed by atoms with Crippen molar-refractivity contribution < 1.29 is 9.50 Å². The topological polar surface area (TPSA) is 76.9 Å². The Morgan fingerprint density at radius 2 is 2.19 bits per heavy atom. The number of hydrogen-bond donors (Lipinski definition) is 2. The molecule has 1 aromatic carbocycles. The summed E-state index contributed by atoms with van der Waals surface area (Å²) in [4.78, 5) is 13.5. The van der Waals surface area contributed by atoms with E-state index in [0.717, 1.165) is 0 Å². The molecule has 0 spiro atoms. The SMILES string of the molecule is N#Cc1c(O)c2ccc(Br)c(F)c2[nH]c1=O. The predicted molar refractivity (Wildman–Crippen MR) is 58.6 cm³/mol. The molecule has 0 bridgehead atoms. The third kappa shape index (κ3) is 1.37. The summed E-state index contributed by atoms with van der Waals surface area (Å²) in [7, 11) is 0. The monoisotopic (exact) mass is 282 g/mol. The van der Waals surface area contributed by atoms with Gasteiger partial charge in [0.1, 0.15) is 11.8 Å². The number of halogens is 2. The van der Waals surface area contributed by atoms with Gasteiger partial charge in [-0.1, -0.05) is 0 Å². The molecule has 0 saturated heterocycles. The van der Waals surface area contributed by atoms with Gasteiger partial charge in [-0.05, 0) is 28.1 Å². The van der Waals surface area contributed by atoms with E-state index >= 15 is 0 Å². The zero-order chi connectivity index (χ0) is 11.9. The summed E-state index contributed by atoms with van der Waals surface area (Å²) in [6, 6.07) is 4.36. The van der Waals surface area contributed by atoms with Gasteiger partial charge < -0.3 is 10.1 Å². The summed E-state index contributed by atoms with van der Waals surface area (Å²) >= 11 is 2.96. The Morgan fingerprint density at radius 3 is 2.81 bits per heavy atom. The van der Waals surface area contributed by atoms with Gasteiger partial charge in [0.05, 0.1) is 9.99 Å². The van der Waals surface area contributed by atoms with Crippen LogP contribution in [0.5, 0.6) is 5.75 Å². The van der Waals surface area contributed by atoms with Crippen LogP contribution in [0.25, 0.3) is 10.9 Å². The molecular formula is C10H4BrFN2O2. The van der Waals surface area contributed by atoms with Crippen molar-refractivity contribution in [3.05, 3.63) is 38.3 Å². The molecule has 0 saturated carbocycles. The minimum atomic E-state index is -0.815. The number of nitriles is 1. The number of aromatic hydroxyl groups is 1. The van der Waals surface area contributed by atoms with Gasteiger partial charge in [0, 0.05) is 5.39 Å². The number of rotatable bonds is 0. The van der Waals surface area contributed by atoms with E-state index in [1.807, 2.05) is 0 Å². The van der Waals surface area contributed by atoms with Crippen molar-refractivity contribution >= 4 is 26.8 Å². The van der Waals surface area contributed by atoms with E-state index < -0.39 is 22.7 Å². The largest absolute Gasteiger partial charge is 0.506 e. The van der Waals surface area contributed by atoms with Gasteiger partial charge >= 0.3 is 0 Å². The Kier molecular flexibility index (Phi) is 2.40.